The number of carbonyl (C=O) groups is 2. The van der Waals surface area contributed by atoms with Crippen molar-refractivity contribution in [3.8, 4) is 5.75 Å². The van der Waals surface area contributed by atoms with Gasteiger partial charge in [0.2, 0.25) is 0 Å². The largest absolute Gasteiger partial charge is 0.497 e. The molecule has 3 heterocycles. The number of methoxy groups -OCH3 is 1. The summed E-state index contributed by atoms with van der Waals surface area (Å²) < 4.78 is 13.5. The van der Waals surface area contributed by atoms with Crippen LogP contribution in [0.2, 0.25) is 0 Å². The molecule has 0 saturated carbocycles. The molecule has 0 aliphatic heterocycles. The Morgan fingerprint density at radius 2 is 1.86 bits per heavy atom. The lowest BCUT2D eigenvalue weighted by molar-refractivity contribution is -0.117. The Morgan fingerprint density at radius 1 is 1.09 bits per heavy atom. The van der Waals surface area contributed by atoms with Gasteiger partial charge in [-0.3, -0.25) is 14.0 Å². The highest BCUT2D eigenvalue weighted by molar-refractivity contribution is 5.93. The van der Waals surface area contributed by atoms with Gasteiger partial charge in [-0.2, -0.15) is 4.99 Å². The molecule has 9 heteroatoms. The molecule has 0 N–H and O–H groups in total. The first-order valence-corrected chi connectivity index (χ1v) is 11.4. The van der Waals surface area contributed by atoms with Crippen molar-refractivity contribution in [3.05, 3.63) is 81.7 Å². The molecule has 1 aromatic carbocycles. The second-order valence-electron chi connectivity index (χ2n) is 7.87. The first kappa shape index (κ1) is 23.9. The highest BCUT2D eigenvalue weighted by Crippen LogP contribution is 2.14. The number of pyridine rings is 2. The fraction of sp³-hybridized carbons (Fsp3) is 0.269. The standard InChI is InChI=1S/C26H26N4O5/c1-4-13-30-23-19(25(32)29-14-7-6-8-21(29)27-23)16-20(26(33)35-5-2)24(30)28-22(31)15-17-9-11-18(34-3)12-10-17/h6-12,14,16H,4-5,13,15H2,1-3H3. The number of esters is 1. The summed E-state index contributed by atoms with van der Waals surface area (Å²) in [5, 5.41) is 0.242. The van der Waals surface area contributed by atoms with Crippen molar-refractivity contribution in [2.24, 2.45) is 4.99 Å². The third-order valence-corrected chi connectivity index (χ3v) is 5.48. The van der Waals surface area contributed by atoms with Crippen LogP contribution < -0.4 is 15.8 Å². The molecule has 0 fully saturated rings. The summed E-state index contributed by atoms with van der Waals surface area (Å²) in [5.41, 5.74) is 1.41. The minimum absolute atomic E-state index is 0.0320. The number of hydrogen-bond donors (Lipinski definition) is 0. The van der Waals surface area contributed by atoms with Crippen molar-refractivity contribution in [2.75, 3.05) is 13.7 Å². The van der Waals surface area contributed by atoms with Gasteiger partial charge >= 0.3 is 5.97 Å². The fourth-order valence-electron chi connectivity index (χ4n) is 3.87. The van der Waals surface area contributed by atoms with E-state index >= 15 is 0 Å². The van der Waals surface area contributed by atoms with Gasteiger partial charge in [-0.25, -0.2) is 9.78 Å². The molecule has 0 saturated heterocycles. The van der Waals surface area contributed by atoms with Crippen LogP contribution in [0.15, 0.2) is 64.5 Å². The number of carbonyl (C=O) groups excluding carboxylic acids is 2. The number of benzene rings is 1. The molecule has 0 aliphatic carbocycles. The Kier molecular flexibility index (Phi) is 7.05. The first-order valence-electron chi connectivity index (χ1n) is 11.4. The molecule has 180 valence electrons. The lowest BCUT2D eigenvalue weighted by Crippen LogP contribution is -2.33. The van der Waals surface area contributed by atoms with Gasteiger partial charge in [-0.05, 0) is 49.2 Å². The molecule has 9 nitrogen and oxygen atoms in total. The lowest BCUT2D eigenvalue weighted by Gasteiger charge is -2.14. The number of aromatic nitrogens is 3. The Morgan fingerprint density at radius 3 is 2.54 bits per heavy atom. The summed E-state index contributed by atoms with van der Waals surface area (Å²) in [4.78, 5) is 48.1. The Labute approximate surface area is 201 Å². The molecular weight excluding hydrogens is 448 g/mol. The summed E-state index contributed by atoms with van der Waals surface area (Å²) in [5.74, 6) is -0.419. The average Bonchev–Trinajstić information content (AvgIpc) is 2.86. The second kappa shape index (κ2) is 10.3. The van der Waals surface area contributed by atoms with Crippen LogP contribution in [0.4, 0.5) is 0 Å². The quantitative estimate of drug-likeness (QED) is 0.301. The fourth-order valence-corrected chi connectivity index (χ4v) is 3.87. The van der Waals surface area contributed by atoms with Crippen molar-refractivity contribution in [1.29, 1.82) is 0 Å². The van der Waals surface area contributed by atoms with Gasteiger partial charge in [-0.1, -0.05) is 25.1 Å². The summed E-state index contributed by atoms with van der Waals surface area (Å²) in [7, 11) is 1.57. The Bertz CT molecular complexity index is 1530. The van der Waals surface area contributed by atoms with E-state index in [4.69, 9.17) is 9.47 Å². The first-order chi connectivity index (χ1) is 17.0. The lowest BCUT2D eigenvalue weighted by atomic mass is 10.1. The van der Waals surface area contributed by atoms with Gasteiger partial charge in [0.05, 0.1) is 25.5 Å². The third-order valence-electron chi connectivity index (χ3n) is 5.48. The molecule has 0 radical (unpaired) electrons. The number of ether oxygens (including phenoxy) is 2. The Hall–Kier alpha value is -4.27. The zero-order valence-electron chi connectivity index (χ0n) is 19.9. The number of rotatable bonds is 7. The van der Waals surface area contributed by atoms with E-state index < -0.39 is 11.9 Å². The SMILES string of the molecule is CCCn1c(=NC(=O)Cc2ccc(OC)cc2)c(C(=O)OCC)cc2c(=O)n3ccccc3nc21. The average molecular weight is 475 g/mol. The minimum Gasteiger partial charge on any atom is -0.497 e. The van der Waals surface area contributed by atoms with Crippen LogP contribution in [-0.2, 0) is 22.5 Å². The van der Waals surface area contributed by atoms with E-state index in [0.29, 0.717) is 30.0 Å². The predicted molar refractivity (Wildman–Crippen MR) is 130 cm³/mol. The van der Waals surface area contributed by atoms with Crippen molar-refractivity contribution in [1.82, 2.24) is 14.0 Å². The van der Waals surface area contributed by atoms with Crippen LogP contribution in [0, 0.1) is 0 Å². The van der Waals surface area contributed by atoms with E-state index in [0.717, 1.165) is 5.56 Å². The van der Waals surface area contributed by atoms with Crippen LogP contribution in [0.25, 0.3) is 16.7 Å². The van der Waals surface area contributed by atoms with Gasteiger partial charge in [-0.15, -0.1) is 0 Å². The Balaban J connectivity index is 1.96. The maximum atomic E-state index is 13.3. The smallest absolute Gasteiger partial charge is 0.341 e. The predicted octanol–water partition coefficient (Wildman–Crippen LogP) is 2.91. The van der Waals surface area contributed by atoms with Gasteiger partial charge < -0.3 is 14.0 Å². The second-order valence-corrected chi connectivity index (χ2v) is 7.87. The number of hydrogen-bond acceptors (Lipinski definition) is 6. The maximum absolute atomic E-state index is 13.3. The van der Waals surface area contributed by atoms with Crippen molar-refractivity contribution in [3.63, 3.8) is 0 Å². The van der Waals surface area contributed by atoms with E-state index in [9.17, 15) is 14.4 Å². The molecule has 0 unspecified atom stereocenters. The number of nitrogens with zero attached hydrogens (tertiary/aromatic N) is 4. The molecular formula is C26H26N4O5. The van der Waals surface area contributed by atoms with Crippen molar-refractivity contribution >= 4 is 28.6 Å². The molecule has 4 rings (SSSR count). The van der Waals surface area contributed by atoms with E-state index in [1.165, 1.54) is 10.5 Å². The minimum atomic E-state index is -0.659. The van der Waals surface area contributed by atoms with Gasteiger partial charge in [0.1, 0.15) is 22.6 Å². The zero-order valence-corrected chi connectivity index (χ0v) is 19.9. The van der Waals surface area contributed by atoms with Crippen molar-refractivity contribution in [2.45, 2.75) is 33.2 Å². The summed E-state index contributed by atoms with van der Waals surface area (Å²) in [6.45, 7) is 4.17. The van der Waals surface area contributed by atoms with Crippen LogP contribution in [0.3, 0.4) is 0 Å². The normalized spacial score (nSPS) is 11.7. The van der Waals surface area contributed by atoms with E-state index in [-0.39, 0.29) is 35.0 Å². The van der Waals surface area contributed by atoms with Gasteiger partial charge in [0.15, 0.2) is 5.49 Å². The molecule has 4 aromatic rings. The topological polar surface area (TPSA) is 104 Å². The van der Waals surface area contributed by atoms with Gasteiger partial charge in [0, 0.05) is 12.7 Å². The van der Waals surface area contributed by atoms with E-state index in [1.54, 1.807) is 67.3 Å². The number of fused-ring (bicyclic) bond motifs is 2. The molecule has 0 atom stereocenters. The van der Waals surface area contributed by atoms with Crippen LogP contribution in [0.1, 0.15) is 36.2 Å². The van der Waals surface area contributed by atoms with Crippen LogP contribution in [0.5, 0.6) is 5.75 Å². The maximum Gasteiger partial charge on any atom is 0.341 e. The zero-order chi connectivity index (χ0) is 24.9. The molecule has 0 bridgehead atoms. The molecule has 3 aromatic heterocycles. The van der Waals surface area contributed by atoms with E-state index in [1.807, 2.05) is 6.92 Å². The van der Waals surface area contributed by atoms with Gasteiger partial charge in [0.25, 0.3) is 11.5 Å². The molecule has 35 heavy (non-hydrogen) atoms. The summed E-state index contributed by atoms with van der Waals surface area (Å²) >= 11 is 0. The molecule has 0 spiro atoms. The third kappa shape index (κ3) is 4.84. The van der Waals surface area contributed by atoms with Crippen molar-refractivity contribution < 1.29 is 19.1 Å². The molecule has 0 aliphatic rings. The number of amides is 1. The monoisotopic (exact) mass is 474 g/mol. The van der Waals surface area contributed by atoms with E-state index in [2.05, 4.69) is 9.98 Å². The summed E-state index contributed by atoms with van der Waals surface area (Å²) in [6.07, 6.45) is 2.32. The summed E-state index contributed by atoms with van der Waals surface area (Å²) in [6, 6.07) is 13.8. The van der Waals surface area contributed by atoms with Crippen LogP contribution >= 0.6 is 0 Å². The number of aryl methyl sites for hydroxylation is 1. The van der Waals surface area contributed by atoms with Crippen LogP contribution in [-0.4, -0.2) is 39.5 Å². The highest BCUT2D eigenvalue weighted by Gasteiger charge is 2.19. The highest BCUT2D eigenvalue weighted by atomic mass is 16.5. The molecule has 1 amide bonds.